The molecule has 0 aromatic carbocycles. The first-order valence-electron chi connectivity index (χ1n) is 4.06. The molecule has 0 fully saturated rings. The number of unbranched alkanes of at least 4 members (excludes halogenated alkanes) is 3. The van der Waals surface area contributed by atoms with Crippen molar-refractivity contribution in [3.8, 4) is 0 Å². The Morgan fingerprint density at radius 1 is 1.42 bits per heavy atom. The molecule has 3 heteroatoms. The molecule has 0 saturated heterocycles. The molecule has 0 aromatic heterocycles. The first-order valence-corrected chi connectivity index (χ1v) is 4.06. The van der Waals surface area contributed by atoms with Crippen LogP contribution in [-0.4, -0.2) is 5.97 Å². The molecule has 0 atom stereocenters. The number of carboxylic acids is 1. The second-order valence-electron chi connectivity index (χ2n) is 2.67. The molecule has 0 unspecified atom stereocenters. The van der Waals surface area contributed by atoms with Gasteiger partial charge in [-0.3, -0.25) is 0 Å². The minimum absolute atomic E-state index is 0. The molecule has 0 radical (unpaired) electrons. The number of allylic oxidation sites excluding steroid dienone is 1. The van der Waals surface area contributed by atoms with Crippen molar-refractivity contribution in [3.05, 3.63) is 11.6 Å². The predicted molar refractivity (Wildman–Crippen MR) is 42.9 cm³/mol. The minimum atomic E-state index is -1.05. The summed E-state index contributed by atoms with van der Waals surface area (Å²) in [6, 6.07) is 0. The molecule has 0 bridgehead atoms. The number of rotatable bonds is 5. The van der Waals surface area contributed by atoms with Crippen LogP contribution in [0.4, 0.5) is 0 Å². The van der Waals surface area contributed by atoms with E-state index in [1.54, 1.807) is 13.0 Å². The van der Waals surface area contributed by atoms with Gasteiger partial charge in [0.15, 0.2) is 0 Å². The molecule has 0 amide bonds. The second-order valence-corrected chi connectivity index (χ2v) is 2.67. The van der Waals surface area contributed by atoms with Crippen molar-refractivity contribution in [2.24, 2.45) is 0 Å². The third-order valence-corrected chi connectivity index (χ3v) is 1.58. The Morgan fingerprint density at radius 2 is 2.00 bits per heavy atom. The van der Waals surface area contributed by atoms with E-state index in [-0.39, 0.29) is 29.6 Å². The van der Waals surface area contributed by atoms with Gasteiger partial charge in [-0.1, -0.05) is 25.8 Å². The summed E-state index contributed by atoms with van der Waals surface area (Å²) in [6.07, 6.45) is 5.98. The molecule has 0 saturated carbocycles. The van der Waals surface area contributed by atoms with Gasteiger partial charge in [-0.25, -0.2) is 0 Å². The van der Waals surface area contributed by atoms with Gasteiger partial charge in [0.05, 0.1) is 5.97 Å². The third kappa shape index (κ3) is 8.31. The predicted octanol–water partition coefficient (Wildman–Crippen LogP) is -1.73. The number of carbonyl (C=O) groups excluding carboxylic acids is 1. The number of carbonyl (C=O) groups is 1. The Kier molecular flexibility index (Phi) is 11.4. The van der Waals surface area contributed by atoms with Gasteiger partial charge in [0.1, 0.15) is 0 Å². The number of carboxylic acid groups (broad SMARTS) is 1. The van der Waals surface area contributed by atoms with Crippen LogP contribution in [0.15, 0.2) is 11.6 Å². The zero-order chi connectivity index (χ0) is 8.69. The van der Waals surface area contributed by atoms with Gasteiger partial charge < -0.3 is 9.90 Å². The average molecular weight is 178 g/mol. The van der Waals surface area contributed by atoms with Gasteiger partial charge >= 0.3 is 29.6 Å². The summed E-state index contributed by atoms with van der Waals surface area (Å²) in [5.41, 5.74) is 0.348. The molecule has 0 aliphatic carbocycles. The first-order chi connectivity index (χ1) is 5.18. The Morgan fingerprint density at radius 3 is 2.42 bits per heavy atom. The van der Waals surface area contributed by atoms with Crippen LogP contribution in [0.2, 0.25) is 0 Å². The summed E-state index contributed by atoms with van der Waals surface area (Å²) >= 11 is 0. The van der Waals surface area contributed by atoms with Crippen LogP contribution >= 0.6 is 0 Å². The normalized spacial score (nSPS) is 10.7. The Balaban J connectivity index is 0. The molecular formula is C9H15NaO2. The molecule has 0 N–H and O–H groups in total. The second kappa shape index (κ2) is 9.30. The smallest absolute Gasteiger partial charge is 0.545 e. The van der Waals surface area contributed by atoms with E-state index in [1.807, 2.05) is 0 Å². The number of aliphatic carboxylic acids is 1. The monoisotopic (exact) mass is 178 g/mol. The van der Waals surface area contributed by atoms with Crippen molar-refractivity contribution in [1.82, 2.24) is 0 Å². The fraction of sp³-hybridized carbons (Fsp3) is 0.667. The van der Waals surface area contributed by atoms with E-state index >= 15 is 0 Å². The van der Waals surface area contributed by atoms with Gasteiger partial charge in [-0.05, 0) is 25.3 Å². The maximum absolute atomic E-state index is 10.2. The standard InChI is InChI=1S/C9H16O2.Na/c1-3-4-5-6-7-8(2)9(10)11;/h7H,3-6H2,1-2H3,(H,10,11);/q;+1/p-1/b8-7-;. The van der Waals surface area contributed by atoms with Crippen molar-refractivity contribution in [2.45, 2.75) is 39.5 Å². The molecule has 0 rings (SSSR count). The number of hydrogen-bond donors (Lipinski definition) is 0. The maximum atomic E-state index is 10.2. The quantitative estimate of drug-likeness (QED) is 0.285. The largest absolute Gasteiger partial charge is 1.00 e. The zero-order valence-electron chi connectivity index (χ0n) is 8.22. The van der Waals surface area contributed by atoms with Crippen LogP contribution in [-0.2, 0) is 4.79 Å². The summed E-state index contributed by atoms with van der Waals surface area (Å²) in [6.45, 7) is 3.69. The third-order valence-electron chi connectivity index (χ3n) is 1.58. The van der Waals surface area contributed by atoms with Crippen molar-refractivity contribution in [1.29, 1.82) is 0 Å². The topological polar surface area (TPSA) is 40.1 Å². The summed E-state index contributed by atoms with van der Waals surface area (Å²) in [7, 11) is 0. The van der Waals surface area contributed by atoms with Crippen LogP contribution < -0.4 is 34.7 Å². The summed E-state index contributed by atoms with van der Waals surface area (Å²) in [4.78, 5) is 10.2. The molecule has 2 nitrogen and oxygen atoms in total. The van der Waals surface area contributed by atoms with E-state index in [4.69, 9.17) is 0 Å². The Labute approximate surface area is 96.3 Å². The number of hydrogen-bond acceptors (Lipinski definition) is 2. The average Bonchev–Trinajstić information content (AvgIpc) is 1.97. The minimum Gasteiger partial charge on any atom is -0.545 e. The molecule has 0 heterocycles. The van der Waals surface area contributed by atoms with Gasteiger partial charge in [-0.15, -0.1) is 0 Å². The van der Waals surface area contributed by atoms with Crippen molar-refractivity contribution in [2.75, 3.05) is 0 Å². The molecule has 0 aliphatic heterocycles. The van der Waals surface area contributed by atoms with Gasteiger partial charge in [-0.2, -0.15) is 0 Å². The van der Waals surface area contributed by atoms with Gasteiger partial charge in [0, 0.05) is 0 Å². The van der Waals surface area contributed by atoms with Crippen LogP contribution in [0.3, 0.4) is 0 Å². The van der Waals surface area contributed by atoms with Crippen LogP contribution in [0, 0.1) is 0 Å². The van der Waals surface area contributed by atoms with Crippen molar-refractivity contribution in [3.63, 3.8) is 0 Å². The molecule has 0 aliphatic rings. The van der Waals surface area contributed by atoms with Gasteiger partial charge in [0.25, 0.3) is 0 Å². The summed E-state index contributed by atoms with van der Waals surface area (Å²) in [5, 5.41) is 10.2. The molecule has 64 valence electrons. The summed E-state index contributed by atoms with van der Waals surface area (Å²) < 4.78 is 0. The summed E-state index contributed by atoms with van der Waals surface area (Å²) in [5.74, 6) is -1.05. The zero-order valence-corrected chi connectivity index (χ0v) is 10.2. The molecule has 0 aromatic rings. The Bertz CT molecular complexity index is 153. The fourth-order valence-corrected chi connectivity index (χ4v) is 0.796. The van der Waals surface area contributed by atoms with E-state index in [0.717, 1.165) is 25.7 Å². The molecule has 0 spiro atoms. The molecule has 12 heavy (non-hydrogen) atoms. The van der Waals surface area contributed by atoms with E-state index in [0.29, 0.717) is 5.57 Å². The molecular weight excluding hydrogens is 163 g/mol. The van der Waals surface area contributed by atoms with Crippen molar-refractivity contribution >= 4 is 5.97 Å². The van der Waals surface area contributed by atoms with Gasteiger partial charge in [0.2, 0.25) is 0 Å². The van der Waals surface area contributed by atoms with E-state index in [9.17, 15) is 9.90 Å². The maximum Gasteiger partial charge on any atom is 1.00 e. The van der Waals surface area contributed by atoms with Crippen LogP contribution in [0.1, 0.15) is 39.5 Å². The van der Waals surface area contributed by atoms with E-state index < -0.39 is 5.97 Å². The van der Waals surface area contributed by atoms with Crippen LogP contribution in [0.25, 0.3) is 0 Å². The SMILES string of the molecule is CCCCC/C=C(/C)C(=O)[O-].[Na+]. The van der Waals surface area contributed by atoms with Crippen LogP contribution in [0.5, 0.6) is 0 Å². The van der Waals surface area contributed by atoms with E-state index in [2.05, 4.69) is 6.92 Å². The van der Waals surface area contributed by atoms with Crippen molar-refractivity contribution < 1.29 is 39.5 Å². The fourth-order valence-electron chi connectivity index (χ4n) is 0.796. The van der Waals surface area contributed by atoms with E-state index in [1.165, 1.54) is 0 Å². The first kappa shape index (κ1) is 14.7. The Hall–Kier alpha value is 0.210.